The molecule has 13 heavy (non-hydrogen) atoms. The summed E-state index contributed by atoms with van der Waals surface area (Å²) in [5, 5.41) is 12.3. The monoisotopic (exact) mass is 199 g/mol. The number of hydrogen-bond acceptors (Lipinski definition) is 5. The van der Waals surface area contributed by atoms with Crippen molar-refractivity contribution in [1.82, 2.24) is 15.5 Å². The molecule has 0 aromatic carbocycles. The minimum Gasteiger partial charge on any atom is -0.416 e. The third kappa shape index (κ3) is 2.03. The van der Waals surface area contributed by atoms with Crippen molar-refractivity contribution in [3.63, 3.8) is 0 Å². The maximum atomic E-state index is 5.44. The highest BCUT2D eigenvalue weighted by atomic mass is 32.2. The maximum Gasteiger partial charge on any atom is 0.278 e. The molecule has 2 atom stereocenters. The molecule has 5 heteroatoms. The van der Waals surface area contributed by atoms with Crippen LogP contribution in [0.4, 0.5) is 0 Å². The number of hydrogen-bond donors (Lipinski definition) is 1. The molecule has 1 aliphatic rings. The van der Waals surface area contributed by atoms with Crippen molar-refractivity contribution < 1.29 is 4.42 Å². The van der Waals surface area contributed by atoms with Crippen molar-refractivity contribution in [2.45, 2.75) is 43.3 Å². The molecule has 2 rings (SSSR count). The second-order valence-corrected chi connectivity index (χ2v) is 4.65. The smallest absolute Gasteiger partial charge is 0.278 e. The van der Waals surface area contributed by atoms with Crippen LogP contribution in [-0.4, -0.2) is 21.6 Å². The van der Waals surface area contributed by atoms with Crippen molar-refractivity contribution in [3.8, 4) is 0 Å². The van der Waals surface area contributed by atoms with Crippen LogP contribution in [-0.2, 0) is 0 Å². The van der Waals surface area contributed by atoms with Gasteiger partial charge in [0.25, 0.3) is 5.22 Å². The van der Waals surface area contributed by atoms with Gasteiger partial charge in [-0.15, -0.1) is 10.2 Å². The van der Waals surface area contributed by atoms with Crippen LogP contribution in [0.5, 0.6) is 0 Å². The molecular formula is C8H13N3OS. The van der Waals surface area contributed by atoms with Gasteiger partial charge < -0.3 is 4.42 Å². The molecule has 0 aliphatic carbocycles. The van der Waals surface area contributed by atoms with Gasteiger partial charge in [-0.1, -0.05) is 13.8 Å². The first-order chi connectivity index (χ1) is 6.16. The van der Waals surface area contributed by atoms with Crippen LogP contribution in [0.1, 0.15) is 32.6 Å². The minimum atomic E-state index is 0.312. The van der Waals surface area contributed by atoms with Gasteiger partial charge in [-0.25, -0.2) is 0 Å². The van der Waals surface area contributed by atoms with Crippen LogP contribution in [0.15, 0.2) is 9.64 Å². The Morgan fingerprint density at radius 3 is 2.62 bits per heavy atom. The molecule has 4 nitrogen and oxygen atoms in total. The van der Waals surface area contributed by atoms with E-state index in [0.29, 0.717) is 22.6 Å². The van der Waals surface area contributed by atoms with Crippen LogP contribution in [0, 0.1) is 0 Å². The topological polar surface area (TPSA) is 60.9 Å². The number of thioether (sulfide) groups is 1. The van der Waals surface area contributed by atoms with E-state index < -0.39 is 0 Å². The first kappa shape index (κ1) is 9.02. The Hall–Kier alpha value is -0.550. The molecule has 2 unspecified atom stereocenters. The number of nitrogens with zero attached hydrogens (tertiary/aromatic N) is 2. The third-order valence-electron chi connectivity index (χ3n) is 1.92. The molecule has 1 N–H and O–H groups in total. The fraction of sp³-hybridized carbons (Fsp3) is 0.750. The standard InChI is InChI=1S/C8H13N3OS/c1-4(2)6-10-11-8(12-6)13-7-5(3)9-7/h4-5,7,9H,1-3H3. The second kappa shape index (κ2) is 3.31. The molecule has 0 saturated carbocycles. The van der Waals surface area contributed by atoms with Gasteiger partial charge in [0.2, 0.25) is 5.89 Å². The van der Waals surface area contributed by atoms with E-state index in [2.05, 4.69) is 22.4 Å². The van der Waals surface area contributed by atoms with E-state index in [-0.39, 0.29) is 0 Å². The van der Waals surface area contributed by atoms with Crippen molar-refractivity contribution in [2.75, 3.05) is 0 Å². The van der Waals surface area contributed by atoms with E-state index >= 15 is 0 Å². The van der Waals surface area contributed by atoms with Crippen LogP contribution >= 0.6 is 11.8 Å². The van der Waals surface area contributed by atoms with E-state index in [9.17, 15) is 0 Å². The average molecular weight is 199 g/mol. The lowest BCUT2D eigenvalue weighted by atomic mass is 10.2. The highest BCUT2D eigenvalue weighted by molar-refractivity contribution is 8.00. The molecule has 1 aromatic rings. The van der Waals surface area contributed by atoms with Gasteiger partial charge >= 0.3 is 0 Å². The summed E-state index contributed by atoms with van der Waals surface area (Å²) in [7, 11) is 0. The zero-order valence-corrected chi connectivity index (χ0v) is 8.76. The van der Waals surface area contributed by atoms with E-state index in [1.165, 1.54) is 0 Å². The summed E-state index contributed by atoms with van der Waals surface area (Å²) in [6.07, 6.45) is 0. The molecular weight excluding hydrogens is 186 g/mol. The van der Waals surface area contributed by atoms with Gasteiger partial charge in [-0.2, -0.15) is 0 Å². The third-order valence-corrected chi connectivity index (χ3v) is 3.08. The summed E-state index contributed by atoms with van der Waals surface area (Å²) in [5.74, 6) is 1.03. The van der Waals surface area contributed by atoms with Gasteiger partial charge in [0.1, 0.15) is 0 Å². The first-order valence-corrected chi connectivity index (χ1v) is 5.31. The van der Waals surface area contributed by atoms with Gasteiger partial charge in [0.05, 0.1) is 5.37 Å². The summed E-state index contributed by atoms with van der Waals surface area (Å²) < 4.78 is 5.44. The summed E-state index contributed by atoms with van der Waals surface area (Å²) >= 11 is 1.60. The first-order valence-electron chi connectivity index (χ1n) is 4.43. The summed E-state index contributed by atoms with van der Waals surface area (Å²) in [4.78, 5) is 0. The molecule has 0 spiro atoms. The average Bonchev–Trinajstić information content (AvgIpc) is 2.61. The van der Waals surface area contributed by atoms with E-state index in [0.717, 1.165) is 5.89 Å². The minimum absolute atomic E-state index is 0.312. The molecule has 1 saturated heterocycles. The molecule has 1 aromatic heterocycles. The molecule has 0 amide bonds. The van der Waals surface area contributed by atoms with Crippen LogP contribution in [0.2, 0.25) is 0 Å². The lowest BCUT2D eigenvalue weighted by Crippen LogP contribution is -1.85. The van der Waals surface area contributed by atoms with Gasteiger partial charge in [0.15, 0.2) is 0 Å². The predicted molar refractivity (Wildman–Crippen MR) is 50.6 cm³/mol. The predicted octanol–water partition coefficient (Wildman–Crippen LogP) is 1.60. The van der Waals surface area contributed by atoms with E-state index in [4.69, 9.17) is 4.42 Å². The van der Waals surface area contributed by atoms with E-state index in [1.807, 2.05) is 13.8 Å². The number of aromatic nitrogens is 2. The van der Waals surface area contributed by atoms with Crippen molar-refractivity contribution in [3.05, 3.63) is 5.89 Å². The summed E-state index contributed by atoms with van der Waals surface area (Å²) in [6.45, 7) is 6.22. The summed E-state index contributed by atoms with van der Waals surface area (Å²) in [6, 6.07) is 0.569. The lowest BCUT2D eigenvalue weighted by molar-refractivity contribution is 0.398. The molecule has 2 heterocycles. The quantitative estimate of drug-likeness (QED) is 0.749. The molecule has 0 bridgehead atoms. The van der Waals surface area contributed by atoms with Gasteiger partial charge in [-0.3, -0.25) is 5.32 Å². The van der Waals surface area contributed by atoms with Crippen molar-refractivity contribution in [2.24, 2.45) is 0 Å². The van der Waals surface area contributed by atoms with E-state index in [1.54, 1.807) is 11.8 Å². The van der Waals surface area contributed by atoms with Crippen LogP contribution in [0.25, 0.3) is 0 Å². The fourth-order valence-corrected chi connectivity index (χ4v) is 1.88. The SMILES string of the molecule is CC(C)c1nnc(SC2NC2C)o1. The Bertz CT molecular complexity index is 299. The van der Waals surface area contributed by atoms with Gasteiger partial charge in [-0.05, 0) is 18.7 Å². The number of rotatable bonds is 3. The zero-order valence-electron chi connectivity index (χ0n) is 7.94. The van der Waals surface area contributed by atoms with Gasteiger partial charge in [0, 0.05) is 12.0 Å². The maximum absolute atomic E-state index is 5.44. The Labute approximate surface area is 81.5 Å². The molecule has 72 valence electrons. The highest BCUT2D eigenvalue weighted by Crippen LogP contribution is 2.30. The number of nitrogens with one attached hydrogen (secondary N) is 1. The Balaban J connectivity index is 1.97. The molecule has 1 aliphatic heterocycles. The molecule has 0 radical (unpaired) electrons. The molecule has 1 fully saturated rings. The Morgan fingerprint density at radius 2 is 2.15 bits per heavy atom. The fourth-order valence-electron chi connectivity index (χ4n) is 0.950. The van der Waals surface area contributed by atoms with Crippen LogP contribution in [0.3, 0.4) is 0 Å². The largest absolute Gasteiger partial charge is 0.416 e. The zero-order chi connectivity index (χ0) is 9.42. The highest BCUT2D eigenvalue weighted by Gasteiger charge is 2.34. The van der Waals surface area contributed by atoms with Crippen molar-refractivity contribution in [1.29, 1.82) is 0 Å². The second-order valence-electron chi connectivity index (χ2n) is 3.55. The van der Waals surface area contributed by atoms with Crippen LogP contribution < -0.4 is 5.32 Å². The van der Waals surface area contributed by atoms with Crippen molar-refractivity contribution >= 4 is 11.8 Å². The normalized spacial score (nSPS) is 26.8. The Morgan fingerprint density at radius 1 is 1.46 bits per heavy atom. The lowest BCUT2D eigenvalue weighted by Gasteiger charge is -1.93. The summed E-state index contributed by atoms with van der Waals surface area (Å²) in [5.41, 5.74) is 0. The Kier molecular flexibility index (Phi) is 2.29.